The number of hydrogen-bond acceptors (Lipinski definition) is 3. The maximum atomic E-state index is 11.7. The van der Waals surface area contributed by atoms with Crippen LogP contribution < -0.4 is 5.32 Å². The summed E-state index contributed by atoms with van der Waals surface area (Å²) in [6, 6.07) is 7.72. The zero-order valence-electron chi connectivity index (χ0n) is 10.9. The van der Waals surface area contributed by atoms with E-state index in [1.54, 1.807) is 0 Å². The summed E-state index contributed by atoms with van der Waals surface area (Å²) in [4.78, 5) is 19.2. The minimum absolute atomic E-state index is 0.0826. The zero-order valence-corrected chi connectivity index (χ0v) is 11.7. The van der Waals surface area contributed by atoms with Gasteiger partial charge in [0.15, 0.2) is 5.16 Å². The lowest BCUT2D eigenvalue weighted by molar-refractivity contribution is 0.260. The lowest BCUT2D eigenvalue weighted by Gasteiger charge is -2.02. The summed E-state index contributed by atoms with van der Waals surface area (Å²) in [6.45, 7) is 6.49. The van der Waals surface area contributed by atoms with Crippen molar-refractivity contribution in [3.63, 3.8) is 0 Å². The zero-order chi connectivity index (χ0) is 13.7. The van der Waals surface area contributed by atoms with Crippen molar-refractivity contribution in [2.45, 2.75) is 24.9 Å². The lowest BCUT2D eigenvalue weighted by Crippen LogP contribution is -2.19. The van der Waals surface area contributed by atoms with Gasteiger partial charge >= 0.3 is 0 Å². The van der Waals surface area contributed by atoms with Gasteiger partial charge in [-0.3, -0.25) is 4.79 Å². The fraction of sp³-hybridized carbons (Fsp3) is 0.286. The highest BCUT2D eigenvalue weighted by atomic mass is 32.2. The first-order chi connectivity index (χ1) is 9.15. The Hall–Kier alpha value is -1.75. The molecule has 1 aromatic heterocycles. The van der Waals surface area contributed by atoms with E-state index >= 15 is 0 Å². The minimum atomic E-state index is -0.0826. The molecule has 0 saturated carbocycles. The molecule has 1 amide bonds. The van der Waals surface area contributed by atoms with Crippen molar-refractivity contribution in [1.82, 2.24) is 15.3 Å². The van der Waals surface area contributed by atoms with E-state index < -0.39 is 0 Å². The van der Waals surface area contributed by atoms with E-state index in [9.17, 15) is 4.79 Å². The molecule has 0 aliphatic heterocycles. The van der Waals surface area contributed by atoms with E-state index in [2.05, 4.69) is 21.9 Å². The highest BCUT2D eigenvalue weighted by Crippen LogP contribution is 2.19. The summed E-state index contributed by atoms with van der Waals surface area (Å²) in [5, 5.41) is 3.39. The molecule has 0 aliphatic carbocycles. The van der Waals surface area contributed by atoms with Crippen LogP contribution in [0, 0.1) is 0 Å². The van der Waals surface area contributed by atoms with Gasteiger partial charge in [0.2, 0.25) is 0 Å². The number of thioether (sulfide) groups is 1. The fourth-order valence-electron chi connectivity index (χ4n) is 1.68. The number of allylic oxidation sites excluding steroid dienone is 1. The number of fused-ring (bicyclic) bond motifs is 1. The standard InChI is InChI=1S/C14H17N3OS/c1-10(2)6-5-9-15-14(18)19-13-16-11-7-3-4-8-12(11)17-13/h3-4,7-8H,1,5-6,9H2,2H3,(H,15,18)(H,16,17). The van der Waals surface area contributed by atoms with Gasteiger partial charge in [-0.25, -0.2) is 4.98 Å². The van der Waals surface area contributed by atoms with Crippen LogP contribution in [0.4, 0.5) is 4.79 Å². The first-order valence-corrected chi connectivity index (χ1v) is 7.01. The lowest BCUT2D eigenvalue weighted by atomic mass is 10.2. The number of aromatic amines is 1. The molecule has 2 aromatic rings. The summed E-state index contributed by atoms with van der Waals surface area (Å²) >= 11 is 1.09. The van der Waals surface area contributed by atoms with Crippen LogP contribution in [-0.4, -0.2) is 21.8 Å². The molecule has 1 heterocycles. The van der Waals surface area contributed by atoms with E-state index in [1.165, 1.54) is 0 Å². The van der Waals surface area contributed by atoms with E-state index in [4.69, 9.17) is 0 Å². The van der Waals surface area contributed by atoms with Crippen molar-refractivity contribution in [3.8, 4) is 0 Å². The Kier molecular flexibility index (Phi) is 4.63. The van der Waals surface area contributed by atoms with Gasteiger partial charge < -0.3 is 10.3 Å². The molecule has 2 rings (SSSR count). The maximum absolute atomic E-state index is 11.7. The number of amides is 1. The normalized spacial score (nSPS) is 10.6. The molecule has 0 radical (unpaired) electrons. The monoisotopic (exact) mass is 275 g/mol. The molecule has 0 aliphatic rings. The molecular formula is C14H17N3OS. The molecule has 4 nitrogen and oxygen atoms in total. The number of imidazole rings is 1. The number of hydrogen-bond donors (Lipinski definition) is 2. The van der Waals surface area contributed by atoms with Gasteiger partial charge in [-0.15, -0.1) is 6.58 Å². The van der Waals surface area contributed by atoms with Crippen molar-refractivity contribution in [2.75, 3.05) is 6.54 Å². The molecule has 2 N–H and O–H groups in total. The smallest absolute Gasteiger partial charge is 0.286 e. The quantitative estimate of drug-likeness (QED) is 0.496. The summed E-state index contributed by atoms with van der Waals surface area (Å²) in [6.07, 6.45) is 1.86. The molecule has 100 valence electrons. The molecule has 0 spiro atoms. The Morgan fingerprint density at radius 2 is 2.26 bits per heavy atom. The van der Waals surface area contributed by atoms with Crippen molar-refractivity contribution in [2.24, 2.45) is 0 Å². The number of carbonyl (C=O) groups excluding carboxylic acids is 1. The number of aromatic nitrogens is 2. The molecule has 1 aromatic carbocycles. The van der Waals surface area contributed by atoms with Crippen LogP contribution in [0.2, 0.25) is 0 Å². The first kappa shape index (κ1) is 13.7. The van der Waals surface area contributed by atoms with Crippen molar-refractivity contribution < 1.29 is 4.79 Å². The predicted molar refractivity (Wildman–Crippen MR) is 79.4 cm³/mol. The minimum Gasteiger partial charge on any atom is -0.347 e. The maximum Gasteiger partial charge on any atom is 0.286 e. The number of benzene rings is 1. The molecule has 0 fully saturated rings. The van der Waals surface area contributed by atoms with E-state index in [0.29, 0.717) is 11.7 Å². The van der Waals surface area contributed by atoms with Gasteiger partial charge in [-0.2, -0.15) is 0 Å². The molecule has 0 bridgehead atoms. The van der Waals surface area contributed by atoms with Gasteiger partial charge in [-0.05, 0) is 31.9 Å². The highest BCUT2D eigenvalue weighted by Gasteiger charge is 2.08. The summed E-state index contributed by atoms with van der Waals surface area (Å²) in [7, 11) is 0. The number of H-pyrrole nitrogens is 1. The number of para-hydroxylation sites is 2. The van der Waals surface area contributed by atoms with E-state index in [1.807, 2.05) is 31.2 Å². The average Bonchev–Trinajstić information content (AvgIpc) is 2.76. The molecule has 0 saturated heterocycles. The summed E-state index contributed by atoms with van der Waals surface area (Å²) < 4.78 is 0. The second kappa shape index (κ2) is 6.43. The van der Waals surface area contributed by atoms with Gasteiger partial charge in [0.25, 0.3) is 5.24 Å². The number of nitrogens with zero attached hydrogens (tertiary/aromatic N) is 1. The Morgan fingerprint density at radius 1 is 1.47 bits per heavy atom. The largest absolute Gasteiger partial charge is 0.347 e. The first-order valence-electron chi connectivity index (χ1n) is 6.20. The van der Waals surface area contributed by atoms with Crippen molar-refractivity contribution in [1.29, 1.82) is 0 Å². The molecule has 19 heavy (non-hydrogen) atoms. The van der Waals surface area contributed by atoms with Gasteiger partial charge in [-0.1, -0.05) is 17.7 Å². The number of nitrogens with one attached hydrogen (secondary N) is 2. The summed E-state index contributed by atoms with van der Waals surface area (Å²) in [5.74, 6) is 0. The molecule has 5 heteroatoms. The molecule has 0 atom stereocenters. The van der Waals surface area contributed by atoms with Gasteiger partial charge in [0, 0.05) is 18.3 Å². The highest BCUT2D eigenvalue weighted by molar-refractivity contribution is 8.13. The van der Waals surface area contributed by atoms with Crippen LogP contribution in [-0.2, 0) is 0 Å². The number of carbonyl (C=O) groups is 1. The molecule has 0 unspecified atom stereocenters. The Balaban J connectivity index is 1.83. The second-order valence-electron chi connectivity index (χ2n) is 4.44. The molecular weight excluding hydrogens is 258 g/mol. The van der Waals surface area contributed by atoms with Crippen molar-refractivity contribution in [3.05, 3.63) is 36.4 Å². The third kappa shape index (κ3) is 4.13. The Labute approximate surface area is 116 Å². The van der Waals surface area contributed by atoms with Crippen LogP contribution in [0.15, 0.2) is 41.6 Å². The third-order valence-electron chi connectivity index (χ3n) is 2.61. The van der Waals surface area contributed by atoms with E-state index in [0.717, 1.165) is 41.2 Å². The average molecular weight is 275 g/mol. The van der Waals surface area contributed by atoms with Crippen LogP contribution in [0.3, 0.4) is 0 Å². The van der Waals surface area contributed by atoms with Crippen LogP contribution >= 0.6 is 11.8 Å². The van der Waals surface area contributed by atoms with Gasteiger partial charge in [0.05, 0.1) is 11.0 Å². The Morgan fingerprint density at radius 3 is 3.00 bits per heavy atom. The predicted octanol–water partition coefficient (Wildman–Crippen LogP) is 3.72. The van der Waals surface area contributed by atoms with Crippen LogP contribution in [0.25, 0.3) is 11.0 Å². The second-order valence-corrected chi connectivity index (χ2v) is 5.40. The fourth-order valence-corrected chi connectivity index (χ4v) is 2.34. The third-order valence-corrected chi connectivity index (χ3v) is 3.32. The van der Waals surface area contributed by atoms with Crippen LogP contribution in [0.1, 0.15) is 19.8 Å². The topological polar surface area (TPSA) is 57.8 Å². The van der Waals surface area contributed by atoms with Crippen LogP contribution in [0.5, 0.6) is 0 Å². The number of rotatable bonds is 5. The summed E-state index contributed by atoms with van der Waals surface area (Å²) in [5.41, 5.74) is 2.96. The van der Waals surface area contributed by atoms with Gasteiger partial charge in [0.1, 0.15) is 0 Å². The van der Waals surface area contributed by atoms with Crippen molar-refractivity contribution >= 4 is 28.0 Å². The van der Waals surface area contributed by atoms with E-state index in [-0.39, 0.29) is 5.24 Å². The SMILES string of the molecule is C=C(C)CCCNC(=O)Sc1nc2ccccc2[nH]1. The Bertz CT molecular complexity index is 558.